The summed E-state index contributed by atoms with van der Waals surface area (Å²) < 4.78 is 30.4. The number of piperidine rings is 1. The molecule has 4 unspecified atom stereocenters. The molecule has 0 radical (unpaired) electrons. The standard InChI is InChI=1S/C19H25INO6S/c22-15-9-12-7-8-19(15,20-12)10-28(25,26)27-21-17(23)13-5-1-3-11-4-2-6-14(16(11)13)18(21)24/h11-14,16H,1-10H2/q-1. The predicted octanol–water partition coefficient (Wildman–Crippen LogP) is -1.59. The van der Waals surface area contributed by atoms with Crippen LogP contribution in [0.5, 0.6) is 0 Å². The summed E-state index contributed by atoms with van der Waals surface area (Å²) in [6.45, 7) is 0. The molecule has 5 aliphatic rings. The third kappa shape index (κ3) is 2.98. The average Bonchev–Trinajstić information content (AvgIpc) is 3.19. The monoisotopic (exact) mass is 522 g/mol. The van der Waals surface area contributed by atoms with E-state index in [-0.39, 0.29) is 29.3 Å². The van der Waals surface area contributed by atoms with Crippen molar-refractivity contribution in [3.05, 3.63) is 0 Å². The van der Waals surface area contributed by atoms with Crippen LogP contribution in [0.4, 0.5) is 0 Å². The van der Waals surface area contributed by atoms with Crippen LogP contribution in [-0.2, 0) is 28.8 Å². The molecule has 3 heterocycles. The van der Waals surface area contributed by atoms with E-state index in [0.29, 0.717) is 40.6 Å². The molecule has 3 aliphatic heterocycles. The van der Waals surface area contributed by atoms with Gasteiger partial charge < -0.3 is 0 Å². The van der Waals surface area contributed by atoms with Gasteiger partial charge in [0, 0.05) is 0 Å². The summed E-state index contributed by atoms with van der Waals surface area (Å²) in [4.78, 5) is 38.3. The fourth-order valence-electron chi connectivity index (χ4n) is 6.23. The SMILES string of the molecule is O=C1C2CCCC3CCCC(C(=O)N1OS(=O)(=O)CC14CCC(CC1=O)[I-]4)C32. The average molecular weight is 522 g/mol. The molecule has 7 nitrogen and oxygen atoms in total. The van der Waals surface area contributed by atoms with Crippen LogP contribution in [0.25, 0.3) is 0 Å². The van der Waals surface area contributed by atoms with E-state index in [9.17, 15) is 22.8 Å². The number of carbonyl (C=O) groups is 3. The minimum atomic E-state index is -4.18. The Balaban J connectivity index is 1.38. The second-order valence-corrected chi connectivity index (χ2v) is 15.0. The van der Waals surface area contributed by atoms with Crippen molar-refractivity contribution in [1.29, 1.82) is 0 Å². The first-order valence-corrected chi connectivity index (χ1v) is 14.2. The maximum absolute atomic E-state index is 13.0. The van der Waals surface area contributed by atoms with E-state index in [1.165, 1.54) is 0 Å². The number of amides is 2. The van der Waals surface area contributed by atoms with E-state index < -0.39 is 46.6 Å². The van der Waals surface area contributed by atoms with Crippen LogP contribution in [0.2, 0.25) is 0 Å². The van der Waals surface area contributed by atoms with Gasteiger partial charge in [-0.05, 0) is 0 Å². The van der Waals surface area contributed by atoms with Crippen molar-refractivity contribution < 1.29 is 48.3 Å². The Labute approximate surface area is 175 Å². The summed E-state index contributed by atoms with van der Waals surface area (Å²) in [5, 5.41) is 0.565. The molecule has 0 aromatic rings. The number of halogens is 1. The van der Waals surface area contributed by atoms with E-state index in [4.69, 9.17) is 4.28 Å². The van der Waals surface area contributed by atoms with Crippen molar-refractivity contribution in [2.75, 3.05) is 5.75 Å². The van der Waals surface area contributed by atoms with Gasteiger partial charge in [-0.1, -0.05) is 0 Å². The molecule has 4 atom stereocenters. The molecule has 2 amide bonds. The van der Waals surface area contributed by atoms with Crippen LogP contribution in [0.3, 0.4) is 0 Å². The van der Waals surface area contributed by atoms with Crippen molar-refractivity contribution in [1.82, 2.24) is 5.06 Å². The third-order valence-corrected chi connectivity index (χ3v) is 13.8. The molecule has 0 aromatic heterocycles. The molecule has 0 N–H and O–H groups in total. The van der Waals surface area contributed by atoms with Gasteiger partial charge in [0.05, 0.1) is 0 Å². The van der Waals surface area contributed by atoms with Crippen molar-refractivity contribution in [2.45, 2.75) is 65.1 Å². The summed E-state index contributed by atoms with van der Waals surface area (Å²) in [5.74, 6) is -1.52. The second kappa shape index (κ2) is 6.73. The molecule has 0 aromatic carbocycles. The number of ketones is 1. The van der Waals surface area contributed by atoms with Crippen molar-refractivity contribution >= 4 is 27.7 Å². The number of rotatable bonds is 4. The summed E-state index contributed by atoms with van der Waals surface area (Å²) in [6.07, 6.45) is 7.34. The van der Waals surface area contributed by atoms with Gasteiger partial charge in [-0.15, -0.1) is 0 Å². The first kappa shape index (κ1) is 19.4. The zero-order valence-electron chi connectivity index (χ0n) is 15.6. The molecular formula is C19H25INO6S-. The third-order valence-electron chi connectivity index (χ3n) is 7.41. The van der Waals surface area contributed by atoms with Gasteiger partial charge in [-0.2, -0.15) is 0 Å². The van der Waals surface area contributed by atoms with Crippen molar-refractivity contribution in [3.63, 3.8) is 0 Å². The van der Waals surface area contributed by atoms with Gasteiger partial charge in [0.15, 0.2) is 0 Å². The molecule has 2 saturated carbocycles. The number of imide groups is 1. The normalized spacial score (nSPS) is 43.1. The topological polar surface area (TPSA) is 97.8 Å². The van der Waals surface area contributed by atoms with E-state index in [0.717, 1.165) is 32.1 Å². The van der Waals surface area contributed by atoms with Gasteiger partial charge in [-0.3, -0.25) is 0 Å². The number of nitrogens with zero attached hydrogens (tertiary/aromatic N) is 1. The number of fused-ring (bicyclic) bond motifs is 2. The summed E-state index contributed by atoms with van der Waals surface area (Å²) in [6, 6.07) is 0. The first-order valence-electron chi connectivity index (χ1n) is 10.3. The second-order valence-electron chi connectivity index (χ2n) is 9.00. The number of hydrogen-bond donors (Lipinski definition) is 0. The molecule has 0 spiro atoms. The van der Waals surface area contributed by atoms with Gasteiger partial charge in [0.25, 0.3) is 0 Å². The van der Waals surface area contributed by atoms with E-state index in [1.54, 1.807) is 0 Å². The van der Waals surface area contributed by atoms with Crippen LogP contribution in [0, 0.1) is 23.7 Å². The molecule has 2 bridgehead atoms. The number of hydrogen-bond acceptors (Lipinski definition) is 6. The Bertz CT molecular complexity index is 813. The Morgan fingerprint density at radius 2 is 1.64 bits per heavy atom. The Morgan fingerprint density at radius 3 is 2.18 bits per heavy atom. The van der Waals surface area contributed by atoms with Gasteiger partial charge >= 0.3 is 176 Å². The zero-order valence-corrected chi connectivity index (χ0v) is 18.6. The van der Waals surface area contributed by atoms with Crippen molar-refractivity contribution in [2.24, 2.45) is 23.7 Å². The number of carbonyl (C=O) groups excluding carboxylic acids is 3. The first-order chi connectivity index (χ1) is 13.3. The van der Waals surface area contributed by atoms with Crippen LogP contribution >= 0.6 is 0 Å². The number of Topliss-reactive ketones (excluding diaryl/α,β-unsaturated/α-hetero) is 1. The summed E-state index contributed by atoms with van der Waals surface area (Å²) in [5.41, 5.74) is 0. The van der Waals surface area contributed by atoms with Crippen LogP contribution < -0.4 is 21.2 Å². The molecule has 28 heavy (non-hydrogen) atoms. The Hall–Kier alpha value is -0.550. The quantitative estimate of drug-likeness (QED) is 0.251. The van der Waals surface area contributed by atoms with Gasteiger partial charge in [0.1, 0.15) is 0 Å². The molecular weight excluding hydrogens is 497 g/mol. The minimum absolute atomic E-state index is 0.0301. The summed E-state index contributed by atoms with van der Waals surface area (Å²) in [7, 11) is -4.18. The van der Waals surface area contributed by atoms with Gasteiger partial charge in [-0.25, -0.2) is 0 Å². The fourth-order valence-corrected chi connectivity index (χ4v) is 13.4. The molecule has 156 valence electrons. The maximum atomic E-state index is 13.0. The molecule has 9 heteroatoms. The Kier molecular flexibility index (Phi) is 4.67. The predicted molar refractivity (Wildman–Crippen MR) is 93.8 cm³/mol. The van der Waals surface area contributed by atoms with Crippen LogP contribution in [0.15, 0.2) is 0 Å². The summed E-state index contributed by atoms with van der Waals surface area (Å²) >= 11 is -0.532. The van der Waals surface area contributed by atoms with Gasteiger partial charge in [0.2, 0.25) is 0 Å². The molecule has 3 saturated heterocycles. The molecule has 2 aliphatic carbocycles. The van der Waals surface area contributed by atoms with E-state index >= 15 is 0 Å². The van der Waals surface area contributed by atoms with E-state index in [1.807, 2.05) is 0 Å². The zero-order chi connectivity index (χ0) is 19.7. The van der Waals surface area contributed by atoms with E-state index in [2.05, 4.69) is 0 Å². The van der Waals surface area contributed by atoms with Crippen LogP contribution in [-0.4, -0.2) is 44.2 Å². The Morgan fingerprint density at radius 1 is 1.00 bits per heavy atom. The molecule has 5 rings (SSSR count). The van der Waals surface area contributed by atoms with Crippen LogP contribution in [0.1, 0.15) is 57.8 Å². The van der Waals surface area contributed by atoms with Crippen molar-refractivity contribution in [3.8, 4) is 0 Å². The number of hydroxylamine groups is 2. The fraction of sp³-hybridized carbons (Fsp3) is 0.842. The number of alkyl halides is 2. The molecule has 5 fully saturated rings.